The monoisotopic (exact) mass is 363 g/mol. The molecule has 0 atom stereocenters. The van der Waals surface area contributed by atoms with E-state index in [4.69, 9.17) is 0 Å². The number of sulfonamides is 1. The third kappa shape index (κ3) is 4.18. The molecule has 1 N–H and O–H groups in total. The summed E-state index contributed by atoms with van der Waals surface area (Å²) < 4.78 is 28.4. The Morgan fingerprint density at radius 2 is 1.84 bits per heavy atom. The average molecular weight is 363 g/mol. The number of piperazine rings is 1. The number of carbonyl (C=O) groups excluding carboxylic acids is 1. The van der Waals surface area contributed by atoms with Gasteiger partial charge in [-0.25, -0.2) is 18.2 Å². The van der Waals surface area contributed by atoms with E-state index >= 15 is 0 Å². The number of carbonyl (C=O) groups is 1. The van der Waals surface area contributed by atoms with Crippen molar-refractivity contribution in [3.05, 3.63) is 49.1 Å². The first-order valence-corrected chi connectivity index (χ1v) is 9.55. The Balaban J connectivity index is 1.49. The van der Waals surface area contributed by atoms with Crippen LogP contribution in [0.2, 0.25) is 0 Å². The predicted octanol–water partition coefficient (Wildman–Crippen LogP) is 0.599. The highest BCUT2D eigenvalue weighted by Crippen LogP contribution is 2.17. The van der Waals surface area contributed by atoms with Gasteiger partial charge in [-0.1, -0.05) is 18.2 Å². The molecular weight excluding hydrogens is 342 g/mol. The van der Waals surface area contributed by atoms with Crippen molar-refractivity contribution in [2.24, 2.45) is 0 Å². The SMILES string of the molecule is O=C(NCCn1ccnc1)N1CCN(S(=O)(=O)c2ccccc2)CC1. The van der Waals surface area contributed by atoms with E-state index < -0.39 is 10.0 Å². The second-order valence-corrected chi connectivity index (χ2v) is 7.67. The molecule has 0 spiro atoms. The van der Waals surface area contributed by atoms with Gasteiger partial charge < -0.3 is 14.8 Å². The van der Waals surface area contributed by atoms with Crippen molar-refractivity contribution in [3.8, 4) is 0 Å². The van der Waals surface area contributed by atoms with Gasteiger partial charge in [-0.05, 0) is 12.1 Å². The van der Waals surface area contributed by atoms with Crippen molar-refractivity contribution in [3.63, 3.8) is 0 Å². The number of hydrogen-bond acceptors (Lipinski definition) is 4. The number of urea groups is 1. The molecule has 1 aromatic heterocycles. The van der Waals surface area contributed by atoms with Crippen LogP contribution >= 0.6 is 0 Å². The van der Waals surface area contributed by atoms with Crippen LogP contribution in [0.5, 0.6) is 0 Å². The van der Waals surface area contributed by atoms with Crippen molar-refractivity contribution in [2.75, 3.05) is 32.7 Å². The molecule has 8 nitrogen and oxygen atoms in total. The van der Waals surface area contributed by atoms with Gasteiger partial charge in [-0.3, -0.25) is 0 Å². The summed E-state index contributed by atoms with van der Waals surface area (Å²) in [5, 5.41) is 2.85. The van der Waals surface area contributed by atoms with E-state index in [-0.39, 0.29) is 10.9 Å². The van der Waals surface area contributed by atoms with Gasteiger partial charge in [0.25, 0.3) is 0 Å². The summed E-state index contributed by atoms with van der Waals surface area (Å²) in [5.74, 6) is 0. The maximum absolute atomic E-state index is 12.6. The van der Waals surface area contributed by atoms with Crippen LogP contribution in [0.15, 0.2) is 53.9 Å². The molecule has 1 aliphatic rings. The topological polar surface area (TPSA) is 87.5 Å². The largest absolute Gasteiger partial charge is 0.336 e. The summed E-state index contributed by atoms with van der Waals surface area (Å²) in [6.45, 7) is 2.50. The van der Waals surface area contributed by atoms with Crippen LogP contribution in [-0.4, -0.2) is 65.9 Å². The predicted molar refractivity (Wildman–Crippen MR) is 92.4 cm³/mol. The Bertz CT molecular complexity index is 784. The van der Waals surface area contributed by atoms with Gasteiger partial charge in [0.15, 0.2) is 0 Å². The summed E-state index contributed by atoms with van der Waals surface area (Å²) >= 11 is 0. The molecule has 3 rings (SSSR count). The Morgan fingerprint density at radius 3 is 2.48 bits per heavy atom. The van der Waals surface area contributed by atoms with Crippen LogP contribution in [0.3, 0.4) is 0 Å². The Kier molecular flexibility index (Phi) is 5.34. The highest BCUT2D eigenvalue weighted by Gasteiger charge is 2.29. The van der Waals surface area contributed by atoms with E-state index in [9.17, 15) is 13.2 Å². The van der Waals surface area contributed by atoms with E-state index in [0.29, 0.717) is 39.3 Å². The number of imidazole rings is 1. The van der Waals surface area contributed by atoms with Gasteiger partial charge in [0.1, 0.15) is 0 Å². The van der Waals surface area contributed by atoms with Crippen LogP contribution in [-0.2, 0) is 16.6 Å². The second-order valence-electron chi connectivity index (χ2n) is 5.74. The lowest BCUT2D eigenvalue weighted by atomic mass is 10.4. The smallest absolute Gasteiger partial charge is 0.317 e. The zero-order valence-corrected chi connectivity index (χ0v) is 14.6. The number of nitrogens with zero attached hydrogens (tertiary/aromatic N) is 4. The van der Waals surface area contributed by atoms with Crippen molar-refractivity contribution in [1.29, 1.82) is 0 Å². The number of nitrogens with one attached hydrogen (secondary N) is 1. The van der Waals surface area contributed by atoms with Gasteiger partial charge in [0.05, 0.1) is 11.2 Å². The molecule has 2 heterocycles. The van der Waals surface area contributed by atoms with E-state index in [1.807, 2.05) is 10.8 Å². The minimum Gasteiger partial charge on any atom is -0.336 e. The molecule has 1 aliphatic heterocycles. The zero-order valence-electron chi connectivity index (χ0n) is 13.8. The maximum Gasteiger partial charge on any atom is 0.317 e. The lowest BCUT2D eigenvalue weighted by molar-refractivity contribution is 0.172. The van der Waals surface area contributed by atoms with Crippen LogP contribution in [0.1, 0.15) is 0 Å². The van der Waals surface area contributed by atoms with Crippen LogP contribution < -0.4 is 5.32 Å². The first-order valence-electron chi connectivity index (χ1n) is 8.11. The molecule has 0 radical (unpaired) electrons. The number of aromatic nitrogens is 2. The van der Waals surface area contributed by atoms with E-state index in [1.54, 1.807) is 47.8 Å². The molecule has 134 valence electrons. The summed E-state index contributed by atoms with van der Waals surface area (Å²) in [6.07, 6.45) is 5.22. The molecule has 1 fully saturated rings. The first-order chi connectivity index (χ1) is 12.1. The molecule has 9 heteroatoms. The highest BCUT2D eigenvalue weighted by molar-refractivity contribution is 7.89. The number of hydrogen-bond donors (Lipinski definition) is 1. The summed E-state index contributed by atoms with van der Waals surface area (Å²) in [7, 11) is -3.49. The fraction of sp³-hybridized carbons (Fsp3) is 0.375. The minimum atomic E-state index is -3.49. The molecule has 2 amide bonds. The number of rotatable bonds is 5. The zero-order chi connectivity index (χ0) is 17.7. The molecule has 0 aliphatic carbocycles. The van der Waals surface area contributed by atoms with Crippen LogP contribution in [0, 0.1) is 0 Å². The molecular formula is C16H21N5O3S. The lowest BCUT2D eigenvalue weighted by Gasteiger charge is -2.34. The minimum absolute atomic E-state index is 0.170. The van der Waals surface area contributed by atoms with E-state index in [1.165, 1.54) is 4.31 Å². The molecule has 2 aromatic rings. The van der Waals surface area contributed by atoms with Crippen molar-refractivity contribution in [1.82, 2.24) is 24.1 Å². The first kappa shape index (κ1) is 17.4. The third-order valence-electron chi connectivity index (χ3n) is 4.11. The maximum atomic E-state index is 12.6. The lowest BCUT2D eigenvalue weighted by Crippen LogP contribution is -2.53. The van der Waals surface area contributed by atoms with Gasteiger partial charge in [0.2, 0.25) is 10.0 Å². The average Bonchev–Trinajstić information content (AvgIpc) is 3.16. The third-order valence-corrected chi connectivity index (χ3v) is 6.03. The van der Waals surface area contributed by atoms with Crippen molar-refractivity contribution < 1.29 is 13.2 Å². The van der Waals surface area contributed by atoms with Crippen molar-refractivity contribution >= 4 is 16.1 Å². The molecule has 0 saturated carbocycles. The van der Waals surface area contributed by atoms with Gasteiger partial charge >= 0.3 is 6.03 Å². The molecule has 0 bridgehead atoms. The van der Waals surface area contributed by atoms with Crippen molar-refractivity contribution in [2.45, 2.75) is 11.4 Å². The Labute approximate surface area is 147 Å². The van der Waals surface area contributed by atoms with E-state index in [2.05, 4.69) is 10.3 Å². The number of amides is 2. The normalized spacial score (nSPS) is 15.9. The van der Waals surface area contributed by atoms with Gasteiger partial charge in [0, 0.05) is 51.7 Å². The summed E-state index contributed by atoms with van der Waals surface area (Å²) in [4.78, 5) is 18.0. The van der Waals surface area contributed by atoms with Crippen LogP contribution in [0.4, 0.5) is 4.79 Å². The Hall–Kier alpha value is -2.39. The molecule has 1 aromatic carbocycles. The summed E-state index contributed by atoms with van der Waals surface area (Å²) in [6, 6.07) is 8.20. The van der Waals surface area contributed by atoms with E-state index in [0.717, 1.165) is 0 Å². The quantitative estimate of drug-likeness (QED) is 0.843. The van der Waals surface area contributed by atoms with Crippen LogP contribution in [0.25, 0.3) is 0 Å². The fourth-order valence-corrected chi connectivity index (χ4v) is 4.14. The fourth-order valence-electron chi connectivity index (χ4n) is 2.70. The molecule has 25 heavy (non-hydrogen) atoms. The van der Waals surface area contributed by atoms with Gasteiger partial charge in [-0.15, -0.1) is 0 Å². The Morgan fingerprint density at radius 1 is 1.12 bits per heavy atom. The number of benzene rings is 1. The molecule has 0 unspecified atom stereocenters. The summed E-state index contributed by atoms with van der Waals surface area (Å²) in [5.41, 5.74) is 0. The standard InChI is InChI=1S/C16H21N5O3S/c22-16(18-7-9-19-8-6-17-14-19)20-10-12-21(13-11-20)25(23,24)15-4-2-1-3-5-15/h1-6,8,14H,7,9-13H2,(H,18,22). The second kappa shape index (κ2) is 7.66. The highest BCUT2D eigenvalue weighted by atomic mass is 32.2. The van der Waals surface area contributed by atoms with Gasteiger partial charge in [-0.2, -0.15) is 4.31 Å². The molecule has 1 saturated heterocycles.